The van der Waals surface area contributed by atoms with Gasteiger partial charge in [0.2, 0.25) is 6.10 Å². The zero-order valence-corrected chi connectivity index (χ0v) is 4.96. The van der Waals surface area contributed by atoms with Gasteiger partial charge in [-0.05, 0) is 6.08 Å². The van der Waals surface area contributed by atoms with Crippen molar-refractivity contribution in [3.05, 3.63) is 12.3 Å². The second kappa shape index (κ2) is 2.50. The molecule has 1 atom stereocenters. The van der Waals surface area contributed by atoms with Crippen molar-refractivity contribution in [2.75, 3.05) is 7.11 Å². The van der Waals surface area contributed by atoms with E-state index < -0.39 is 12.1 Å². The molecule has 1 heterocycles. The molecule has 9 heavy (non-hydrogen) atoms. The van der Waals surface area contributed by atoms with Crippen LogP contribution in [0.25, 0.3) is 0 Å². The van der Waals surface area contributed by atoms with Crippen LogP contribution in [0.15, 0.2) is 12.3 Å². The summed E-state index contributed by atoms with van der Waals surface area (Å²) in [5.41, 5.74) is 2.41. The van der Waals surface area contributed by atoms with Gasteiger partial charge in [-0.2, -0.15) is 0 Å². The molecule has 50 valence electrons. The number of rotatable bonds is 1. The topological polar surface area (TPSA) is 47.6 Å². The molecule has 0 spiro atoms. The summed E-state index contributed by atoms with van der Waals surface area (Å²) in [6.07, 6.45) is 2.54. The zero-order chi connectivity index (χ0) is 6.69. The average molecular weight is 129 g/mol. The van der Waals surface area contributed by atoms with Crippen molar-refractivity contribution < 1.29 is 14.4 Å². The molecule has 1 N–H and O–H groups in total. The van der Waals surface area contributed by atoms with Crippen LogP contribution in [0.1, 0.15) is 0 Å². The first kappa shape index (κ1) is 6.10. The van der Waals surface area contributed by atoms with Gasteiger partial charge in [-0.15, -0.1) is 0 Å². The molecule has 0 aromatic heterocycles. The number of carbonyl (C=O) groups excluding carboxylic acids is 1. The summed E-state index contributed by atoms with van der Waals surface area (Å²) in [6, 6.07) is 0. The van der Waals surface area contributed by atoms with E-state index in [1.807, 2.05) is 0 Å². The molecule has 0 bridgehead atoms. The van der Waals surface area contributed by atoms with Crippen LogP contribution in [0.2, 0.25) is 0 Å². The maximum absolute atomic E-state index is 10.6. The molecule has 0 amide bonds. The second-order valence-electron chi connectivity index (χ2n) is 1.54. The second-order valence-corrected chi connectivity index (χ2v) is 1.54. The molecule has 0 saturated carbocycles. The highest BCUT2D eigenvalue weighted by Gasteiger charge is 2.19. The number of methoxy groups -OCH3 is 1. The van der Waals surface area contributed by atoms with Crippen LogP contribution in [0.3, 0.4) is 0 Å². The van der Waals surface area contributed by atoms with Crippen LogP contribution in [-0.2, 0) is 14.4 Å². The van der Waals surface area contributed by atoms with E-state index in [9.17, 15) is 4.79 Å². The Balaban J connectivity index is 2.43. The van der Waals surface area contributed by atoms with Crippen molar-refractivity contribution in [1.29, 1.82) is 0 Å². The number of hydroxylamine groups is 1. The van der Waals surface area contributed by atoms with E-state index in [0.717, 1.165) is 0 Å². The quantitative estimate of drug-likeness (QED) is 0.488. The highest BCUT2D eigenvalue weighted by molar-refractivity contribution is 5.76. The summed E-state index contributed by atoms with van der Waals surface area (Å²) in [5, 5.41) is 0. The third-order valence-corrected chi connectivity index (χ3v) is 0.968. The maximum atomic E-state index is 10.6. The van der Waals surface area contributed by atoms with E-state index in [4.69, 9.17) is 0 Å². The van der Waals surface area contributed by atoms with Gasteiger partial charge in [-0.3, -0.25) is 10.3 Å². The van der Waals surface area contributed by atoms with Crippen LogP contribution in [0.5, 0.6) is 0 Å². The fourth-order valence-corrected chi connectivity index (χ4v) is 0.521. The standard InChI is InChI=1S/C5H7NO3/c1-8-5(7)4-2-3-6-9-4/h2-4,6H,1H3. The van der Waals surface area contributed by atoms with Gasteiger partial charge in [0.25, 0.3) is 0 Å². The van der Waals surface area contributed by atoms with E-state index in [1.54, 1.807) is 12.3 Å². The van der Waals surface area contributed by atoms with Gasteiger partial charge in [0.05, 0.1) is 7.11 Å². The molecule has 0 saturated heterocycles. The van der Waals surface area contributed by atoms with E-state index in [-0.39, 0.29) is 0 Å². The van der Waals surface area contributed by atoms with Crippen molar-refractivity contribution in [3.8, 4) is 0 Å². The molecule has 0 radical (unpaired) electrons. The molecule has 1 rings (SSSR count). The van der Waals surface area contributed by atoms with Crippen LogP contribution >= 0.6 is 0 Å². The molecule has 1 aliphatic rings. The molecule has 0 aromatic carbocycles. The number of ether oxygens (including phenoxy) is 1. The van der Waals surface area contributed by atoms with E-state index >= 15 is 0 Å². The van der Waals surface area contributed by atoms with Gasteiger partial charge in [-0.1, -0.05) is 0 Å². The first-order valence-corrected chi connectivity index (χ1v) is 2.50. The Kier molecular flexibility index (Phi) is 1.69. The average Bonchev–Trinajstić information content (AvgIpc) is 2.37. The van der Waals surface area contributed by atoms with E-state index in [1.165, 1.54) is 7.11 Å². The van der Waals surface area contributed by atoms with Crippen LogP contribution in [-0.4, -0.2) is 19.2 Å². The fourth-order valence-electron chi connectivity index (χ4n) is 0.521. The molecule has 0 aliphatic carbocycles. The normalized spacial score (nSPS) is 23.4. The van der Waals surface area contributed by atoms with Gasteiger partial charge in [0, 0.05) is 6.20 Å². The minimum absolute atomic E-state index is 0.392. The third-order valence-electron chi connectivity index (χ3n) is 0.968. The predicted molar refractivity (Wildman–Crippen MR) is 29.2 cm³/mol. The number of carbonyl (C=O) groups is 1. The highest BCUT2D eigenvalue weighted by Crippen LogP contribution is 1.99. The summed E-state index contributed by atoms with van der Waals surface area (Å²) in [6.45, 7) is 0. The van der Waals surface area contributed by atoms with Crippen molar-refractivity contribution in [1.82, 2.24) is 5.48 Å². The van der Waals surface area contributed by atoms with Crippen LogP contribution < -0.4 is 5.48 Å². The SMILES string of the molecule is COC(=O)C1C=CNO1. The summed E-state index contributed by atoms with van der Waals surface area (Å²) in [7, 11) is 1.32. The van der Waals surface area contributed by atoms with Crippen molar-refractivity contribution >= 4 is 5.97 Å². The van der Waals surface area contributed by atoms with Crippen molar-refractivity contribution in [2.45, 2.75) is 6.10 Å². The number of hydrogen-bond acceptors (Lipinski definition) is 4. The summed E-state index contributed by atoms with van der Waals surface area (Å²) in [5.74, 6) is -0.392. The maximum Gasteiger partial charge on any atom is 0.341 e. The predicted octanol–water partition coefficient (Wildman–Crippen LogP) is -0.424. The Hall–Kier alpha value is -1.03. The van der Waals surface area contributed by atoms with Gasteiger partial charge in [0.15, 0.2) is 0 Å². The Morgan fingerprint density at radius 2 is 2.67 bits per heavy atom. The summed E-state index contributed by atoms with van der Waals surface area (Å²) >= 11 is 0. The smallest absolute Gasteiger partial charge is 0.341 e. The fraction of sp³-hybridized carbons (Fsp3) is 0.400. The van der Waals surface area contributed by atoms with Crippen molar-refractivity contribution in [3.63, 3.8) is 0 Å². The van der Waals surface area contributed by atoms with Crippen molar-refractivity contribution in [2.24, 2.45) is 0 Å². The highest BCUT2D eigenvalue weighted by atomic mass is 16.7. The first-order chi connectivity index (χ1) is 4.34. The summed E-state index contributed by atoms with van der Waals surface area (Å²) < 4.78 is 4.38. The Bertz CT molecular complexity index is 143. The molecule has 0 aromatic rings. The van der Waals surface area contributed by atoms with Gasteiger partial charge < -0.3 is 4.74 Å². The third kappa shape index (κ3) is 1.20. The van der Waals surface area contributed by atoms with Crippen LogP contribution in [0, 0.1) is 0 Å². The van der Waals surface area contributed by atoms with Gasteiger partial charge >= 0.3 is 5.97 Å². The lowest BCUT2D eigenvalue weighted by Gasteiger charge is -2.02. The largest absolute Gasteiger partial charge is 0.467 e. The molecule has 4 nitrogen and oxygen atoms in total. The lowest BCUT2D eigenvalue weighted by molar-refractivity contribution is -0.152. The molecular formula is C5H7NO3. The Morgan fingerprint density at radius 3 is 3.11 bits per heavy atom. The molecule has 4 heteroatoms. The Morgan fingerprint density at radius 1 is 1.89 bits per heavy atom. The molecule has 1 unspecified atom stereocenters. The Labute approximate surface area is 52.4 Å². The van der Waals surface area contributed by atoms with E-state index in [0.29, 0.717) is 0 Å². The number of hydrogen-bond donors (Lipinski definition) is 1. The molecule has 1 aliphatic heterocycles. The number of esters is 1. The number of nitrogens with one attached hydrogen (secondary N) is 1. The first-order valence-electron chi connectivity index (χ1n) is 2.50. The lowest BCUT2D eigenvalue weighted by atomic mass is 10.4. The van der Waals surface area contributed by atoms with Crippen LogP contribution in [0.4, 0.5) is 0 Å². The van der Waals surface area contributed by atoms with E-state index in [2.05, 4.69) is 15.1 Å². The monoisotopic (exact) mass is 129 g/mol. The van der Waals surface area contributed by atoms with Gasteiger partial charge in [-0.25, -0.2) is 4.79 Å². The minimum atomic E-state index is -0.574. The summed E-state index contributed by atoms with van der Waals surface area (Å²) in [4.78, 5) is 15.2. The molecule has 0 fully saturated rings. The lowest BCUT2D eigenvalue weighted by Crippen LogP contribution is -2.22. The molecular weight excluding hydrogens is 122 g/mol. The minimum Gasteiger partial charge on any atom is -0.467 e. The van der Waals surface area contributed by atoms with Gasteiger partial charge in [0.1, 0.15) is 0 Å². The zero-order valence-electron chi connectivity index (χ0n) is 4.96.